The van der Waals surface area contributed by atoms with Crippen molar-refractivity contribution in [2.24, 2.45) is 0 Å². The summed E-state index contributed by atoms with van der Waals surface area (Å²) in [5.41, 5.74) is 11.5. The van der Waals surface area contributed by atoms with Crippen molar-refractivity contribution >= 4 is 11.6 Å². The van der Waals surface area contributed by atoms with Gasteiger partial charge in [-0.25, -0.2) is 4.98 Å². The average molecular weight is 481 g/mol. The molecule has 0 fully saturated rings. The monoisotopic (exact) mass is 480 g/mol. The molecule has 10 heteroatoms. The van der Waals surface area contributed by atoms with Crippen LogP contribution in [0.25, 0.3) is 22.8 Å². The van der Waals surface area contributed by atoms with E-state index in [4.69, 9.17) is 20.1 Å². The van der Waals surface area contributed by atoms with Crippen LogP contribution in [0.15, 0.2) is 28.9 Å². The number of carbonyl (C=O) groups excluding carboxylic acids is 1. The van der Waals surface area contributed by atoms with E-state index < -0.39 is 0 Å². The maximum Gasteiger partial charge on any atom is 0.259 e. The molecule has 1 aliphatic heterocycles. The van der Waals surface area contributed by atoms with Gasteiger partial charge in [-0.05, 0) is 56.9 Å². The summed E-state index contributed by atoms with van der Waals surface area (Å²) in [4.78, 5) is 23.2. The standard InChI is InChI=1S/C25H32N6O4/c1-14(2)34-25-21(26)9-18(10-27-25)24-29-23(30-35-24)20-6-5-17-11-31(8-7-19(17)16(20)4)12-22(33)28-15(3)13-32/h5-6,9-10,14-15,32H,7-8,11-13,26H2,1-4H3,(H,28,33)/t15-/m0/s1. The van der Waals surface area contributed by atoms with E-state index in [9.17, 15) is 4.79 Å². The fourth-order valence-electron chi connectivity index (χ4n) is 4.20. The number of ether oxygens (including phenoxy) is 1. The number of nitrogens with one attached hydrogen (secondary N) is 1. The number of fused-ring (bicyclic) bond motifs is 1. The summed E-state index contributed by atoms with van der Waals surface area (Å²) in [6, 6.07) is 5.52. The molecule has 4 rings (SSSR count). The van der Waals surface area contributed by atoms with Gasteiger partial charge in [-0.2, -0.15) is 4.98 Å². The Morgan fingerprint density at radius 1 is 1.34 bits per heavy atom. The number of carbonyl (C=O) groups is 1. The molecule has 35 heavy (non-hydrogen) atoms. The molecule has 3 aromatic rings. The van der Waals surface area contributed by atoms with E-state index in [0.717, 1.165) is 24.1 Å². The summed E-state index contributed by atoms with van der Waals surface area (Å²) in [5, 5.41) is 16.1. The molecule has 3 heterocycles. The molecule has 0 radical (unpaired) electrons. The third kappa shape index (κ3) is 5.60. The summed E-state index contributed by atoms with van der Waals surface area (Å²) < 4.78 is 11.1. The summed E-state index contributed by atoms with van der Waals surface area (Å²) in [7, 11) is 0. The minimum absolute atomic E-state index is 0.0307. The van der Waals surface area contributed by atoms with Gasteiger partial charge in [-0.1, -0.05) is 17.3 Å². The maximum absolute atomic E-state index is 12.2. The molecule has 1 aromatic carbocycles. The van der Waals surface area contributed by atoms with Gasteiger partial charge in [0.05, 0.1) is 30.5 Å². The largest absolute Gasteiger partial charge is 0.473 e. The third-order valence-corrected chi connectivity index (χ3v) is 5.96. The minimum atomic E-state index is -0.247. The van der Waals surface area contributed by atoms with Gasteiger partial charge in [0.15, 0.2) is 0 Å². The number of aliphatic hydroxyl groups is 1. The quantitative estimate of drug-likeness (QED) is 0.443. The fraction of sp³-hybridized carbons (Fsp3) is 0.440. The number of hydrogen-bond donors (Lipinski definition) is 3. The fourth-order valence-corrected chi connectivity index (χ4v) is 4.20. The number of aliphatic hydroxyl groups excluding tert-OH is 1. The van der Waals surface area contributed by atoms with E-state index in [1.807, 2.05) is 19.9 Å². The molecular formula is C25H32N6O4. The Balaban J connectivity index is 1.49. The zero-order valence-corrected chi connectivity index (χ0v) is 20.5. The molecule has 186 valence electrons. The van der Waals surface area contributed by atoms with Crippen LogP contribution in [0.2, 0.25) is 0 Å². The molecule has 10 nitrogen and oxygen atoms in total. The van der Waals surface area contributed by atoms with Crippen LogP contribution in [0, 0.1) is 6.92 Å². The second-order valence-corrected chi connectivity index (χ2v) is 9.20. The molecular weight excluding hydrogens is 448 g/mol. The summed E-state index contributed by atoms with van der Waals surface area (Å²) in [6.45, 7) is 9.35. The highest BCUT2D eigenvalue weighted by Gasteiger charge is 2.23. The van der Waals surface area contributed by atoms with Crippen LogP contribution in [-0.4, -0.2) is 62.9 Å². The SMILES string of the molecule is Cc1c(-c2noc(-c3cnc(OC(C)C)c(N)c3)n2)ccc2c1CCN(CC(=O)N[C@@H](C)CO)C2. The highest BCUT2D eigenvalue weighted by atomic mass is 16.5. The van der Waals surface area contributed by atoms with Crippen LogP contribution in [0.3, 0.4) is 0 Å². The lowest BCUT2D eigenvalue weighted by molar-refractivity contribution is -0.123. The smallest absolute Gasteiger partial charge is 0.259 e. The van der Waals surface area contributed by atoms with E-state index in [2.05, 4.69) is 38.3 Å². The maximum atomic E-state index is 12.2. The lowest BCUT2D eigenvalue weighted by Gasteiger charge is -2.30. The first-order chi connectivity index (χ1) is 16.7. The Kier molecular flexibility index (Phi) is 7.32. The van der Waals surface area contributed by atoms with Gasteiger partial charge in [-0.15, -0.1) is 0 Å². The van der Waals surface area contributed by atoms with Gasteiger partial charge in [0.25, 0.3) is 5.89 Å². The molecule has 4 N–H and O–H groups in total. The zero-order chi connectivity index (χ0) is 25.1. The average Bonchev–Trinajstić information content (AvgIpc) is 3.30. The Labute approximate surface area is 204 Å². The van der Waals surface area contributed by atoms with Crippen LogP contribution >= 0.6 is 0 Å². The summed E-state index contributed by atoms with van der Waals surface area (Å²) >= 11 is 0. The van der Waals surface area contributed by atoms with Crippen LogP contribution < -0.4 is 15.8 Å². The molecule has 1 amide bonds. The predicted molar refractivity (Wildman–Crippen MR) is 132 cm³/mol. The number of amides is 1. The number of pyridine rings is 1. The van der Waals surface area contributed by atoms with Crippen LogP contribution in [0.4, 0.5) is 5.69 Å². The zero-order valence-electron chi connectivity index (χ0n) is 20.5. The van der Waals surface area contributed by atoms with Crippen molar-refractivity contribution in [1.82, 2.24) is 25.3 Å². The van der Waals surface area contributed by atoms with Crippen molar-refractivity contribution in [3.05, 3.63) is 41.1 Å². The number of anilines is 1. The van der Waals surface area contributed by atoms with Gasteiger partial charge in [-0.3, -0.25) is 9.69 Å². The molecule has 0 unspecified atom stereocenters. The van der Waals surface area contributed by atoms with Crippen molar-refractivity contribution in [2.45, 2.75) is 52.8 Å². The Morgan fingerprint density at radius 2 is 2.14 bits per heavy atom. The van der Waals surface area contributed by atoms with E-state index >= 15 is 0 Å². The number of aromatic nitrogens is 3. The third-order valence-electron chi connectivity index (χ3n) is 5.96. The molecule has 1 atom stereocenters. The second-order valence-electron chi connectivity index (χ2n) is 9.20. The first-order valence-electron chi connectivity index (χ1n) is 11.8. The Morgan fingerprint density at radius 3 is 2.86 bits per heavy atom. The minimum Gasteiger partial charge on any atom is -0.473 e. The lowest BCUT2D eigenvalue weighted by Crippen LogP contribution is -2.43. The van der Waals surface area contributed by atoms with E-state index in [1.54, 1.807) is 19.2 Å². The van der Waals surface area contributed by atoms with Crippen molar-refractivity contribution in [2.75, 3.05) is 25.4 Å². The molecule has 0 spiro atoms. The number of nitrogens with two attached hydrogens (primary N) is 1. The normalized spacial score (nSPS) is 14.6. The van der Waals surface area contributed by atoms with Gasteiger partial charge in [0.2, 0.25) is 17.6 Å². The molecule has 0 saturated carbocycles. The molecule has 0 saturated heterocycles. The number of benzene rings is 1. The van der Waals surface area contributed by atoms with Crippen molar-refractivity contribution in [3.63, 3.8) is 0 Å². The number of nitrogen functional groups attached to an aromatic ring is 1. The van der Waals surface area contributed by atoms with Crippen LogP contribution in [-0.2, 0) is 17.8 Å². The first-order valence-corrected chi connectivity index (χ1v) is 11.8. The lowest BCUT2D eigenvalue weighted by atomic mass is 9.91. The topological polar surface area (TPSA) is 140 Å². The first kappa shape index (κ1) is 24.6. The van der Waals surface area contributed by atoms with E-state index in [1.165, 1.54) is 11.1 Å². The molecule has 0 aliphatic carbocycles. The highest BCUT2D eigenvalue weighted by molar-refractivity contribution is 5.78. The van der Waals surface area contributed by atoms with Gasteiger partial charge >= 0.3 is 0 Å². The van der Waals surface area contributed by atoms with Crippen molar-refractivity contribution in [1.29, 1.82) is 0 Å². The molecule has 1 aliphatic rings. The Bertz CT molecular complexity index is 1210. The van der Waals surface area contributed by atoms with E-state index in [0.29, 0.717) is 41.9 Å². The van der Waals surface area contributed by atoms with Crippen molar-refractivity contribution in [3.8, 4) is 28.7 Å². The van der Waals surface area contributed by atoms with Gasteiger partial charge in [0, 0.05) is 30.9 Å². The highest BCUT2D eigenvalue weighted by Crippen LogP contribution is 2.32. The van der Waals surface area contributed by atoms with Gasteiger partial charge in [0.1, 0.15) is 0 Å². The van der Waals surface area contributed by atoms with Crippen LogP contribution in [0.5, 0.6) is 5.88 Å². The summed E-state index contributed by atoms with van der Waals surface area (Å²) in [6.07, 6.45) is 2.40. The predicted octanol–water partition coefficient (Wildman–Crippen LogP) is 2.33. The molecule has 2 aromatic heterocycles. The number of nitrogens with zero attached hydrogens (tertiary/aromatic N) is 4. The van der Waals surface area contributed by atoms with Gasteiger partial charge < -0.3 is 25.4 Å². The Hall–Kier alpha value is -3.50. The number of hydrogen-bond acceptors (Lipinski definition) is 9. The summed E-state index contributed by atoms with van der Waals surface area (Å²) in [5.74, 6) is 1.13. The second kappa shape index (κ2) is 10.4. The van der Waals surface area contributed by atoms with Crippen molar-refractivity contribution < 1.29 is 19.2 Å². The van der Waals surface area contributed by atoms with E-state index in [-0.39, 0.29) is 24.7 Å². The molecule has 0 bridgehead atoms. The van der Waals surface area contributed by atoms with Crippen LogP contribution in [0.1, 0.15) is 37.5 Å². The number of rotatable bonds is 8.